The molecule has 1 saturated carbocycles. The Labute approximate surface area is 211 Å². The van der Waals surface area contributed by atoms with E-state index in [0.717, 1.165) is 56.6 Å². The molecule has 2 fully saturated rings. The number of nitrogens with zero attached hydrogens (tertiary/aromatic N) is 3. The van der Waals surface area contributed by atoms with Crippen LogP contribution in [0.5, 0.6) is 5.75 Å². The van der Waals surface area contributed by atoms with Gasteiger partial charge in [-0.05, 0) is 62.9 Å². The molecule has 1 aromatic carbocycles. The summed E-state index contributed by atoms with van der Waals surface area (Å²) in [5.41, 5.74) is 3.75. The van der Waals surface area contributed by atoms with E-state index in [1.54, 1.807) is 6.20 Å². The number of ether oxygens (including phenoxy) is 1. The molecular weight excluding hydrogens is 478 g/mol. The van der Waals surface area contributed by atoms with Crippen LogP contribution in [0.4, 0.5) is 8.78 Å². The third-order valence-corrected chi connectivity index (χ3v) is 7.69. The number of benzene rings is 1. The van der Waals surface area contributed by atoms with Crippen LogP contribution in [0.25, 0.3) is 33.3 Å². The lowest BCUT2D eigenvalue weighted by Gasteiger charge is -2.32. The first kappa shape index (κ1) is 23.7. The number of aromatic nitrogens is 4. The molecule has 0 amide bonds. The van der Waals surface area contributed by atoms with E-state index in [4.69, 9.17) is 9.72 Å². The second-order valence-corrected chi connectivity index (χ2v) is 9.96. The zero-order chi connectivity index (χ0) is 25.7. The largest absolute Gasteiger partial charge is 0.485 e. The molecule has 0 bridgehead atoms. The molecule has 1 aliphatic carbocycles. The first-order valence-electron chi connectivity index (χ1n) is 12.8. The molecule has 4 aromatic rings. The van der Waals surface area contributed by atoms with Gasteiger partial charge in [0.1, 0.15) is 29.6 Å². The van der Waals surface area contributed by atoms with Crippen LogP contribution in [0.3, 0.4) is 0 Å². The molecule has 2 aliphatic rings. The number of rotatable bonds is 7. The number of nitriles is 1. The molecule has 192 valence electrons. The van der Waals surface area contributed by atoms with Crippen molar-refractivity contribution in [3.8, 4) is 23.2 Å². The topological polar surface area (TPSA) is 114 Å². The number of alkyl halides is 2. The second-order valence-electron chi connectivity index (χ2n) is 9.96. The van der Waals surface area contributed by atoms with E-state index in [9.17, 15) is 18.8 Å². The number of piperidine rings is 1. The SMILES string of the molecule is CCN1CCC(c2ccc3[nH]c(-c4c(=O)[nH]cc5c(C#N)c(C6CC6)[nH]c45)nc3c2OCC(F)F)CC1. The van der Waals surface area contributed by atoms with Crippen LogP contribution in [0.2, 0.25) is 0 Å². The Morgan fingerprint density at radius 2 is 1.97 bits per heavy atom. The second kappa shape index (κ2) is 9.30. The van der Waals surface area contributed by atoms with Crippen LogP contribution < -0.4 is 10.3 Å². The van der Waals surface area contributed by atoms with Crippen molar-refractivity contribution < 1.29 is 13.5 Å². The summed E-state index contributed by atoms with van der Waals surface area (Å²) < 4.78 is 32.1. The lowest BCUT2D eigenvalue weighted by Crippen LogP contribution is -2.32. The summed E-state index contributed by atoms with van der Waals surface area (Å²) in [6.45, 7) is 4.26. The van der Waals surface area contributed by atoms with Gasteiger partial charge < -0.3 is 24.6 Å². The lowest BCUT2D eigenvalue weighted by atomic mass is 9.88. The zero-order valence-electron chi connectivity index (χ0n) is 20.5. The van der Waals surface area contributed by atoms with Crippen molar-refractivity contribution in [2.45, 2.75) is 50.9 Å². The summed E-state index contributed by atoms with van der Waals surface area (Å²) in [4.78, 5) is 29.4. The molecule has 3 N–H and O–H groups in total. The van der Waals surface area contributed by atoms with E-state index in [0.29, 0.717) is 39.1 Å². The number of likely N-dealkylation sites (tertiary alicyclic amines) is 1. The smallest absolute Gasteiger partial charge is 0.272 e. The van der Waals surface area contributed by atoms with Crippen molar-refractivity contribution in [3.05, 3.63) is 45.5 Å². The maximum atomic E-state index is 13.2. The average molecular weight is 507 g/mol. The highest BCUT2D eigenvalue weighted by molar-refractivity contribution is 5.98. The number of hydrogen-bond donors (Lipinski definition) is 3. The van der Waals surface area contributed by atoms with Crippen LogP contribution in [-0.2, 0) is 0 Å². The van der Waals surface area contributed by atoms with Crippen LogP contribution in [0, 0.1) is 11.3 Å². The predicted octanol–water partition coefficient (Wildman–Crippen LogP) is 4.99. The number of pyridine rings is 1. The van der Waals surface area contributed by atoms with Crippen molar-refractivity contribution in [3.63, 3.8) is 0 Å². The van der Waals surface area contributed by atoms with Crippen LogP contribution in [0.1, 0.15) is 61.3 Å². The number of hydrogen-bond acceptors (Lipinski definition) is 5. The fourth-order valence-electron chi connectivity index (χ4n) is 5.59. The van der Waals surface area contributed by atoms with E-state index in [1.807, 2.05) is 12.1 Å². The van der Waals surface area contributed by atoms with Gasteiger partial charge in [0.2, 0.25) is 0 Å². The first-order chi connectivity index (χ1) is 18.0. The van der Waals surface area contributed by atoms with Crippen molar-refractivity contribution >= 4 is 21.9 Å². The first-order valence-corrected chi connectivity index (χ1v) is 12.8. The lowest BCUT2D eigenvalue weighted by molar-refractivity contribution is 0.0816. The molecule has 1 saturated heterocycles. The minimum Gasteiger partial charge on any atom is -0.485 e. The minimum absolute atomic E-state index is 0.176. The highest BCUT2D eigenvalue weighted by Crippen LogP contribution is 2.44. The van der Waals surface area contributed by atoms with E-state index in [1.165, 1.54) is 0 Å². The van der Waals surface area contributed by atoms with E-state index < -0.39 is 13.0 Å². The summed E-state index contributed by atoms with van der Waals surface area (Å²) in [6.07, 6.45) is 2.75. The molecule has 6 rings (SSSR count). The van der Waals surface area contributed by atoms with E-state index in [-0.39, 0.29) is 23.0 Å². The summed E-state index contributed by atoms with van der Waals surface area (Å²) in [7, 11) is 0. The van der Waals surface area contributed by atoms with Crippen molar-refractivity contribution in [2.75, 3.05) is 26.2 Å². The van der Waals surface area contributed by atoms with Gasteiger partial charge in [0.15, 0.2) is 5.75 Å². The summed E-state index contributed by atoms with van der Waals surface area (Å²) in [5, 5.41) is 10.4. The Bertz CT molecular complexity index is 1570. The average Bonchev–Trinajstić information content (AvgIpc) is 3.55. The molecular formula is C27H28F2N6O2. The van der Waals surface area contributed by atoms with Gasteiger partial charge in [0, 0.05) is 23.2 Å². The number of imidazole rings is 1. The van der Waals surface area contributed by atoms with Gasteiger partial charge in [-0.2, -0.15) is 5.26 Å². The molecule has 0 radical (unpaired) electrons. The van der Waals surface area contributed by atoms with E-state index in [2.05, 4.69) is 32.8 Å². The van der Waals surface area contributed by atoms with Gasteiger partial charge in [0.25, 0.3) is 12.0 Å². The highest BCUT2D eigenvalue weighted by Gasteiger charge is 2.31. The van der Waals surface area contributed by atoms with Crippen molar-refractivity contribution in [1.29, 1.82) is 5.26 Å². The number of H-pyrrole nitrogens is 3. The number of fused-ring (bicyclic) bond motifs is 2. The Morgan fingerprint density at radius 3 is 2.65 bits per heavy atom. The Balaban J connectivity index is 1.49. The molecule has 0 unspecified atom stereocenters. The predicted molar refractivity (Wildman–Crippen MR) is 136 cm³/mol. The van der Waals surface area contributed by atoms with Gasteiger partial charge in [-0.15, -0.1) is 0 Å². The summed E-state index contributed by atoms with van der Waals surface area (Å²) in [5.74, 6) is 1.11. The number of nitrogens with one attached hydrogen (secondary N) is 3. The van der Waals surface area contributed by atoms with Crippen LogP contribution in [-0.4, -0.2) is 57.5 Å². The molecule has 4 heterocycles. The van der Waals surface area contributed by atoms with Gasteiger partial charge in [-0.3, -0.25) is 4.79 Å². The van der Waals surface area contributed by atoms with Gasteiger partial charge >= 0.3 is 0 Å². The molecule has 1 aliphatic heterocycles. The number of aromatic amines is 3. The summed E-state index contributed by atoms with van der Waals surface area (Å²) in [6, 6.07) is 6.08. The maximum absolute atomic E-state index is 13.2. The Morgan fingerprint density at radius 1 is 1.19 bits per heavy atom. The monoisotopic (exact) mass is 506 g/mol. The number of halogens is 2. The van der Waals surface area contributed by atoms with Gasteiger partial charge in [-0.25, -0.2) is 13.8 Å². The molecule has 0 spiro atoms. The molecule has 10 heteroatoms. The maximum Gasteiger partial charge on any atom is 0.272 e. The standard InChI is InChI=1S/C27H28F2N6O2/c1-2-35-9-7-14(8-10-35)16-5-6-19-24(25(16)37-13-20(28)29)34-26(32-19)21-23-18(12-31-27(21)36)17(11-30)22(33-23)15-3-4-15/h5-6,12,14-15,20,33H,2-4,7-10,13H2,1H3,(H,31,36)(H,32,34). The van der Waals surface area contributed by atoms with Gasteiger partial charge in [0.05, 0.1) is 16.6 Å². The molecule has 3 aromatic heterocycles. The van der Waals surface area contributed by atoms with Gasteiger partial charge in [-0.1, -0.05) is 13.0 Å². The fraction of sp³-hybridized carbons (Fsp3) is 0.444. The van der Waals surface area contributed by atoms with Crippen LogP contribution >= 0.6 is 0 Å². The highest BCUT2D eigenvalue weighted by atomic mass is 19.3. The molecule has 8 nitrogen and oxygen atoms in total. The quantitative estimate of drug-likeness (QED) is 0.327. The van der Waals surface area contributed by atoms with Crippen molar-refractivity contribution in [1.82, 2.24) is 24.8 Å². The summed E-state index contributed by atoms with van der Waals surface area (Å²) >= 11 is 0. The minimum atomic E-state index is -2.62. The normalized spacial score (nSPS) is 17.2. The zero-order valence-corrected chi connectivity index (χ0v) is 20.5. The van der Waals surface area contributed by atoms with E-state index >= 15 is 0 Å². The fourth-order valence-corrected chi connectivity index (χ4v) is 5.59. The third-order valence-electron chi connectivity index (χ3n) is 7.69. The van der Waals surface area contributed by atoms with Crippen molar-refractivity contribution in [2.24, 2.45) is 0 Å². The Hall–Kier alpha value is -3.71. The third kappa shape index (κ3) is 4.17. The van der Waals surface area contributed by atoms with Crippen LogP contribution in [0.15, 0.2) is 23.1 Å². The molecule has 0 atom stereocenters. The Kier molecular flexibility index (Phi) is 5.95. The molecule has 37 heavy (non-hydrogen) atoms.